The molecular weight excluding hydrogens is 499 g/mol. The van der Waals surface area contributed by atoms with E-state index in [1.54, 1.807) is 27.7 Å². The molecule has 0 atom stereocenters. The molecule has 1 heterocycles. The molecule has 0 bridgehead atoms. The molecule has 0 aliphatic carbocycles. The second kappa shape index (κ2) is 9.81. The van der Waals surface area contributed by atoms with Gasteiger partial charge in [-0.1, -0.05) is 11.6 Å². The van der Waals surface area contributed by atoms with Crippen LogP contribution >= 0.6 is 11.6 Å². The Labute approximate surface area is 209 Å². The van der Waals surface area contributed by atoms with Gasteiger partial charge in [-0.15, -0.1) is 0 Å². The topological polar surface area (TPSA) is 85.6 Å². The number of rotatable bonds is 5. The van der Waals surface area contributed by atoms with Crippen LogP contribution in [0.1, 0.15) is 54.1 Å². The number of pyridine rings is 1. The fraction of sp³-hybridized carbons (Fsp3) is 0.269. The maximum Gasteiger partial charge on any atom is 0.341 e. The Bertz CT molecular complexity index is 1460. The summed E-state index contributed by atoms with van der Waals surface area (Å²) >= 11 is 6.08. The van der Waals surface area contributed by atoms with E-state index in [9.17, 15) is 28.3 Å². The molecule has 2 aromatic carbocycles. The van der Waals surface area contributed by atoms with Crippen LogP contribution in [0.2, 0.25) is 5.02 Å². The Balaban J connectivity index is 2.41. The quantitative estimate of drug-likeness (QED) is 0.402. The number of hydrogen-bond donors (Lipinski definition) is 1. The van der Waals surface area contributed by atoms with E-state index in [2.05, 4.69) is 0 Å². The summed E-state index contributed by atoms with van der Waals surface area (Å²) in [5.74, 6) is -5.85. The van der Waals surface area contributed by atoms with E-state index in [-0.39, 0.29) is 45.2 Å². The van der Waals surface area contributed by atoms with Crippen LogP contribution in [0.5, 0.6) is 0 Å². The van der Waals surface area contributed by atoms with Crippen molar-refractivity contribution in [3.63, 3.8) is 0 Å². The van der Waals surface area contributed by atoms with E-state index in [0.29, 0.717) is 0 Å². The number of carbonyl (C=O) groups is 2. The highest BCUT2D eigenvalue weighted by Gasteiger charge is 2.29. The first-order valence-corrected chi connectivity index (χ1v) is 11.2. The van der Waals surface area contributed by atoms with Crippen molar-refractivity contribution in [2.45, 2.75) is 46.8 Å². The average molecular weight is 522 g/mol. The zero-order valence-corrected chi connectivity index (χ0v) is 20.9. The molecule has 190 valence electrons. The normalized spacial score (nSPS) is 11.5. The summed E-state index contributed by atoms with van der Waals surface area (Å²) in [6.45, 7) is 8.08. The Hall–Kier alpha value is -3.59. The fourth-order valence-corrected chi connectivity index (χ4v) is 4.15. The number of benzene rings is 2. The Morgan fingerprint density at radius 3 is 2.22 bits per heavy atom. The second-order valence-electron chi connectivity index (χ2n) is 9.01. The number of nitrogens with zero attached hydrogens (tertiary/aromatic N) is 1. The Morgan fingerprint density at radius 1 is 1.06 bits per heavy atom. The smallest absolute Gasteiger partial charge is 0.341 e. The summed E-state index contributed by atoms with van der Waals surface area (Å²) in [7, 11) is 0. The monoisotopic (exact) mass is 521 g/mol. The van der Waals surface area contributed by atoms with E-state index in [1.807, 2.05) is 0 Å². The number of ether oxygens (including phenoxy) is 1. The van der Waals surface area contributed by atoms with Crippen molar-refractivity contribution in [2.24, 2.45) is 0 Å². The third kappa shape index (κ3) is 5.02. The number of carboxylic acids is 1. The summed E-state index contributed by atoms with van der Waals surface area (Å²) in [6.07, 6.45) is 0. The van der Waals surface area contributed by atoms with Crippen molar-refractivity contribution in [3.05, 3.63) is 79.9 Å². The van der Waals surface area contributed by atoms with Gasteiger partial charge in [0.05, 0.1) is 21.8 Å². The highest BCUT2D eigenvalue weighted by Crippen LogP contribution is 2.34. The van der Waals surface area contributed by atoms with Crippen molar-refractivity contribution in [1.82, 2.24) is 4.57 Å². The largest absolute Gasteiger partial charge is 0.477 e. The van der Waals surface area contributed by atoms with Crippen molar-refractivity contribution in [3.8, 4) is 22.4 Å². The van der Waals surface area contributed by atoms with Crippen LogP contribution < -0.4 is 5.43 Å². The summed E-state index contributed by atoms with van der Waals surface area (Å²) < 4.78 is 49.4. The van der Waals surface area contributed by atoms with Gasteiger partial charge in [0.15, 0.2) is 11.6 Å². The molecule has 3 aromatic rings. The maximum atomic E-state index is 15.1. The molecule has 3 rings (SSSR count). The van der Waals surface area contributed by atoms with Gasteiger partial charge in [-0.3, -0.25) is 4.79 Å². The Morgan fingerprint density at radius 2 is 1.69 bits per heavy atom. The lowest BCUT2D eigenvalue weighted by atomic mass is 9.94. The fourth-order valence-electron chi connectivity index (χ4n) is 3.92. The van der Waals surface area contributed by atoms with Crippen molar-refractivity contribution in [1.29, 1.82) is 0 Å². The van der Waals surface area contributed by atoms with E-state index in [4.69, 9.17) is 16.3 Å². The molecule has 0 aliphatic heterocycles. The van der Waals surface area contributed by atoms with Crippen LogP contribution in [-0.2, 0) is 11.3 Å². The number of halogens is 4. The average Bonchev–Trinajstić information content (AvgIpc) is 2.75. The number of esters is 1. The van der Waals surface area contributed by atoms with Gasteiger partial charge in [-0.2, -0.15) is 0 Å². The first-order valence-electron chi connectivity index (χ1n) is 10.9. The molecule has 0 radical (unpaired) electrons. The predicted molar refractivity (Wildman–Crippen MR) is 129 cm³/mol. The number of carbonyl (C=O) groups excluding carboxylic acids is 1. The minimum Gasteiger partial charge on any atom is -0.477 e. The Kier molecular flexibility index (Phi) is 7.36. The molecule has 1 N–H and O–H groups in total. The summed E-state index contributed by atoms with van der Waals surface area (Å²) in [4.78, 5) is 38.4. The van der Waals surface area contributed by atoms with Crippen LogP contribution in [0.15, 0.2) is 35.1 Å². The van der Waals surface area contributed by atoms with Crippen LogP contribution in [-0.4, -0.2) is 27.2 Å². The standard InChI is InChI=1S/C26H23ClF3NO5/c1-6-31-12(2)20(15-10-14(16(27)11-18(15)29)25(35)36-26(3,4)5)23(32)21(24(33)34)22(31)13-7-8-17(28)19(30)9-13/h7-11H,6H2,1-5H3,(H,33,34). The van der Waals surface area contributed by atoms with E-state index < -0.39 is 46.0 Å². The zero-order valence-electron chi connectivity index (χ0n) is 20.1. The number of carboxylic acid groups (broad SMARTS) is 1. The van der Waals surface area contributed by atoms with Crippen molar-refractivity contribution < 1.29 is 32.6 Å². The molecule has 0 saturated heterocycles. The highest BCUT2D eigenvalue weighted by atomic mass is 35.5. The molecule has 10 heteroatoms. The van der Waals surface area contributed by atoms with Crippen LogP contribution in [0.4, 0.5) is 13.2 Å². The van der Waals surface area contributed by atoms with Crippen molar-refractivity contribution in [2.75, 3.05) is 0 Å². The zero-order chi connectivity index (χ0) is 27.1. The molecule has 0 aliphatic rings. The van der Waals surface area contributed by atoms with Gasteiger partial charge in [0.1, 0.15) is 17.0 Å². The summed E-state index contributed by atoms with van der Waals surface area (Å²) in [5, 5.41) is 9.67. The van der Waals surface area contributed by atoms with E-state index in [1.165, 1.54) is 11.5 Å². The predicted octanol–water partition coefficient (Wildman–Crippen LogP) is 6.23. The van der Waals surface area contributed by atoms with Crippen LogP contribution in [0.25, 0.3) is 22.4 Å². The lowest BCUT2D eigenvalue weighted by Gasteiger charge is -2.22. The summed E-state index contributed by atoms with van der Waals surface area (Å²) in [5.41, 5.74) is -3.69. The molecular formula is C26H23ClF3NO5. The van der Waals surface area contributed by atoms with Gasteiger partial charge in [0.25, 0.3) is 0 Å². The first kappa shape index (κ1) is 27.0. The van der Waals surface area contributed by atoms with Crippen LogP contribution in [0, 0.1) is 24.4 Å². The molecule has 0 amide bonds. The third-order valence-electron chi connectivity index (χ3n) is 5.40. The van der Waals surface area contributed by atoms with Gasteiger partial charge in [0.2, 0.25) is 5.43 Å². The molecule has 36 heavy (non-hydrogen) atoms. The molecule has 6 nitrogen and oxygen atoms in total. The highest BCUT2D eigenvalue weighted by molar-refractivity contribution is 6.33. The van der Waals surface area contributed by atoms with Gasteiger partial charge >= 0.3 is 11.9 Å². The number of aromatic nitrogens is 1. The SMILES string of the molecule is CCn1c(C)c(-c2cc(C(=O)OC(C)(C)C)c(Cl)cc2F)c(=O)c(C(=O)O)c1-c1ccc(F)c(F)c1. The van der Waals surface area contributed by atoms with Gasteiger partial charge in [-0.05, 0) is 65.0 Å². The minimum atomic E-state index is -1.65. The minimum absolute atomic E-state index is 0.0501. The van der Waals surface area contributed by atoms with Gasteiger partial charge in [-0.25, -0.2) is 22.8 Å². The van der Waals surface area contributed by atoms with E-state index in [0.717, 1.165) is 30.3 Å². The van der Waals surface area contributed by atoms with Crippen LogP contribution in [0.3, 0.4) is 0 Å². The van der Waals surface area contributed by atoms with E-state index >= 15 is 4.39 Å². The van der Waals surface area contributed by atoms with Crippen molar-refractivity contribution >= 4 is 23.5 Å². The third-order valence-corrected chi connectivity index (χ3v) is 5.71. The number of hydrogen-bond acceptors (Lipinski definition) is 4. The molecule has 0 unspecified atom stereocenters. The molecule has 0 spiro atoms. The van der Waals surface area contributed by atoms with Gasteiger partial charge in [0, 0.05) is 23.4 Å². The molecule has 0 fully saturated rings. The molecule has 0 saturated carbocycles. The lowest BCUT2D eigenvalue weighted by Crippen LogP contribution is -2.26. The number of aromatic carboxylic acids is 1. The van der Waals surface area contributed by atoms with Gasteiger partial charge < -0.3 is 14.4 Å². The first-order chi connectivity index (χ1) is 16.7. The second-order valence-corrected chi connectivity index (χ2v) is 9.41. The molecule has 1 aromatic heterocycles. The maximum absolute atomic E-state index is 15.1. The lowest BCUT2D eigenvalue weighted by molar-refractivity contribution is 0.00695. The summed E-state index contributed by atoms with van der Waals surface area (Å²) in [6, 6.07) is 4.63.